The van der Waals surface area contributed by atoms with Crippen LogP contribution < -0.4 is 20.1 Å². The van der Waals surface area contributed by atoms with Crippen LogP contribution in [0.15, 0.2) is 47.5 Å². The number of carbonyl (C=O) groups is 2. The number of rotatable bonds is 6. The van der Waals surface area contributed by atoms with E-state index in [1.165, 1.54) is 11.8 Å². The van der Waals surface area contributed by atoms with E-state index in [4.69, 9.17) is 9.47 Å². The second kappa shape index (κ2) is 9.47. The highest BCUT2D eigenvalue weighted by molar-refractivity contribution is 8.15. The van der Waals surface area contributed by atoms with E-state index in [9.17, 15) is 9.59 Å². The number of aryl methyl sites for hydroxylation is 1. The van der Waals surface area contributed by atoms with Gasteiger partial charge in [0.2, 0.25) is 11.8 Å². The van der Waals surface area contributed by atoms with Crippen molar-refractivity contribution in [2.45, 2.75) is 25.0 Å². The highest BCUT2D eigenvalue weighted by atomic mass is 32.2. The van der Waals surface area contributed by atoms with E-state index < -0.39 is 5.25 Å². The molecule has 0 spiro atoms. The van der Waals surface area contributed by atoms with Gasteiger partial charge in [-0.25, -0.2) is 4.99 Å². The number of hydrogen-bond acceptors (Lipinski definition) is 6. The fourth-order valence-electron chi connectivity index (χ4n) is 2.90. The summed E-state index contributed by atoms with van der Waals surface area (Å²) in [5.41, 5.74) is 2.31. The second-order valence-corrected chi connectivity index (χ2v) is 7.50. The number of nitrogens with one attached hydrogen (secondary N) is 2. The lowest BCUT2D eigenvalue weighted by molar-refractivity contribution is -0.123. The molecule has 2 amide bonds. The maximum atomic E-state index is 12.8. The Labute approximate surface area is 173 Å². The average molecular weight is 413 g/mol. The standard InChI is InChI=1S/C21H23N3O4S/c1-4-13-7-5-6-8-15(13)22-20(26)18-12-19(25)24-21(29-18)23-16-11-14(27-2)9-10-17(16)28-3/h5-11,18H,4,12H2,1-3H3,(H,22,26)(H,23,24,25). The molecule has 7 nitrogen and oxygen atoms in total. The topological polar surface area (TPSA) is 89.0 Å². The number of nitrogens with zero attached hydrogens (tertiary/aromatic N) is 1. The van der Waals surface area contributed by atoms with Gasteiger partial charge in [-0.05, 0) is 30.2 Å². The van der Waals surface area contributed by atoms with Gasteiger partial charge in [-0.15, -0.1) is 0 Å². The molecule has 2 N–H and O–H groups in total. The number of ether oxygens (including phenoxy) is 2. The Morgan fingerprint density at radius 2 is 2.03 bits per heavy atom. The Balaban J connectivity index is 1.81. The van der Waals surface area contributed by atoms with E-state index in [-0.39, 0.29) is 18.2 Å². The van der Waals surface area contributed by atoms with Crippen molar-refractivity contribution in [3.05, 3.63) is 48.0 Å². The smallest absolute Gasteiger partial charge is 0.238 e. The molecule has 1 fully saturated rings. The highest BCUT2D eigenvalue weighted by Gasteiger charge is 2.30. The Kier molecular flexibility index (Phi) is 6.77. The quantitative estimate of drug-likeness (QED) is 0.756. The molecular weight excluding hydrogens is 390 g/mol. The van der Waals surface area contributed by atoms with Gasteiger partial charge in [0.25, 0.3) is 0 Å². The summed E-state index contributed by atoms with van der Waals surface area (Å²) in [4.78, 5) is 29.5. The third-order valence-corrected chi connectivity index (χ3v) is 5.51. The molecule has 0 bridgehead atoms. The minimum Gasteiger partial charge on any atom is -0.497 e. The van der Waals surface area contributed by atoms with Crippen molar-refractivity contribution < 1.29 is 19.1 Å². The monoisotopic (exact) mass is 413 g/mol. The number of benzene rings is 2. The lowest BCUT2D eigenvalue weighted by Gasteiger charge is -2.23. The van der Waals surface area contributed by atoms with Crippen LogP contribution in [0, 0.1) is 0 Å². The van der Waals surface area contributed by atoms with Crippen molar-refractivity contribution in [2.24, 2.45) is 4.99 Å². The highest BCUT2D eigenvalue weighted by Crippen LogP contribution is 2.33. The summed E-state index contributed by atoms with van der Waals surface area (Å²) in [5, 5.41) is 5.42. The number of thioether (sulfide) groups is 1. The number of anilines is 1. The molecule has 0 saturated carbocycles. The molecule has 1 atom stereocenters. The molecule has 0 aromatic heterocycles. The van der Waals surface area contributed by atoms with Crippen LogP contribution in [0.4, 0.5) is 11.4 Å². The van der Waals surface area contributed by atoms with Crippen LogP contribution in [0.25, 0.3) is 0 Å². The molecule has 2 aromatic carbocycles. The van der Waals surface area contributed by atoms with Crippen molar-refractivity contribution in [1.82, 2.24) is 5.32 Å². The largest absolute Gasteiger partial charge is 0.497 e. The molecular formula is C21H23N3O4S. The maximum absolute atomic E-state index is 12.8. The summed E-state index contributed by atoms with van der Waals surface area (Å²) in [7, 11) is 3.10. The molecule has 1 aliphatic heterocycles. The zero-order valence-electron chi connectivity index (χ0n) is 16.5. The predicted octanol–water partition coefficient (Wildman–Crippen LogP) is 3.51. The van der Waals surface area contributed by atoms with Gasteiger partial charge in [0, 0.05) is 18.2 Å². The van der Waals surface area contributed by atoms with E-state index >= 15 is 0 Å². The van der Waals surface area contributed by atoms with Crippen LogP contribution in [-0.4, -0.2) is 36.5 Å². The van der Waals surface area contributed by atoms with Crippen molar-refractivity contribution in [3.63, 3.8) is 0 Å². The van der Waals surface area contributed by atoms with Crippen LogP contribution in [0.3, 0.4) is 0 Å². The SMILES string of the molecule is CCc1ccccc1NC(=O)C1CC(=O)NC(=Nc2cc(OC)ccc2OC)S1. The lowest BCUT2D eigenvalue weighted by atomic mass is 10.1. The van der Waals surface area contributed by atoms with Crippen molar-refractivity contribution in [1.29, 1.82) is 0 Å². The first-order chi connectivity index (χ1) is 14.0. The number of aliphatic imine (C=N–C) groups is 1. The number of amides is 2. The van der Waals surface area contributed by atoms with Crippen LogP contribution in [0.5, 0.6) is 11.5 Å². The van der Waals surface area contributed by atoms with Crippen molar-refractivity contribution in [2.75, 3.05) is 19.5 Å². The normalized spacial score (nSPS) is 17.6. The molecule has 0 aliphatic carbocycles. The fourth-order valence-corrected chi connectivity index (χ4v) is 3.90. The van der Waals surface area contributed by atoms with E-state index in [0.717, 1.165) is 17.7 Å². The second-order valence-electron chi connectivity index (χ2n) is 6.31. The maximum Gasteiger partial charge on any atom is 0.238 e. The van der Waals surface area contributed by atoms with E-state index in [1.807, 2.05) is 31.2 Å². The van der Waals surface area contributed by atoms with Crippen LogP contribution in [0.1, 0.15) is 18.9 Å². The van der Waals surface area contributed by atoms with Gasteiger partial charge in [0.1, 0.15) is 22.4 Å². The van der Waals surface area contributed by atoms with E-state index in [0.29, 0.717) is 22.4 Å². The predicted molar refractivity (Wildman–Crippen MR) is 115 cm³/mol. The first-order valence-electron chi connectivity index (χ1n) is 9.20. The Morgan fingerprint density at radius 3 is 2.76 bits per heavy atom. The molecule has 1 saturated heterocycles. The van der Waals surface area contributed by atoms with Crippen LogP contribution in [0.2, 0.25) is 0 Å². The van der Waals surface area contributed by atoms with Crippen molar-refractivity contribution >= 4 is 40.1 Å². The molecule has 8 heteroatoms. The number of carbonyl (C=O) groups excluding carboxylic acids is 2. The average Bonchev–Trinajstić information content (AvgIpc) is 2.73. The third-order valence-electron chi connectivity index (χ3n) is 4.43. The summed E-state index contributed by atoms with van der Waals surface area (Å²) < 4.78 is 10.6. The minimum absolute atomic E-state index is 0.0824. The molecule has 2 aromatic rings. The number of methoxy groups -OCH3 is 2. The number of hydrogen-bond donors (Lipinski definition) is 2. The minimum atomic E-state index is -0.580. The van der Waals surface area contributed by atoms with E-state index in [2.05, 4.69) is 15.6 Å². The first-order valence-corrected chi connectivity index (χ1v) is 10.1. The van der Waals surface area contributed by atoms with Gasteiger partial charge in [-0.3, -0.25) is 9.59 Å². The van der Waals surface area contributed by atoms with Gasteiger partial charge in [0.05, 0.1) is 14.2 Å². The van der Waals surface area contributed by atoms with Gasteiger partial charge in [-0.2, -0.15) is 0 Å². The zero-order valence-corrected chi connectivity index (χ0v) is 17.3. The van der Waals surface area contributed by atoms with Crippen LogP contribution >= 0.6 is 11.8 Å². The molecule has 29 heavy (non-hydrogen) atoms. The first kappa shape index (κ1) is 20.7. The van der Waals surface area contributed by atoms with Gasteiger partial charge >= 0.3 is 0 Å². The summed E-state index contributed by atoms with van der Waals surface area (Å²) in [6, 6.07) is 12.8. The van der Waals surface area contributed by atoms with Crippen molar-refractivity contribution in [3.8, 4) is 11.5 Å². The Hall–Kier alpha value is -3.00. The Bertz CT molecular complexity index is 945. The molecule has 0 radical (unpaired) electrons. The summed E-state index contributed by atoms with van der Waals surface area (Å²) >= 11 is 1.21. The molecule has 1 heterocycles. The summed E-state index contributed by atoms with van der Waals surface area (Å²) in [6.45, 7) is 2.03. The van der Waals surface area contributed by atoms with Gasteiger partial charge < -0.3 is 20.1 Å². The summed E-state index contributed by atoms with van der Waals surface area (Å²) in [5.74, 6) is 0.670. The number of amidine groups is 1. The van der Waals surface area contributed by atoms with E-state index in [1.54, 1.807) is 32.4 Å². The zero-order chi connectivity index (χ0) is 20.8. The summed E-state index contributed by atoms with van der Waals surface area (Å²) in [6.07, 6.45) is 0.885. The third kappa shape index (κ3) is 5.08. The van der Waals surface area contributed by atoms with Crippen LogP contribution in [-0.2, 0) is 16.0 Å². The Morgan fingerprint density at radius 1 is 1.24 bits per heavy atom. The fraction of sp³-hybridized carbons (Fsp3) is 0.286. The number of para-hydroxylation sites is 1. The lowest BCUT2D eigenvalue weighted by Crippen LogP contribution is -2.42. The van der Waals surface area contributed by atoms with Gasteiger partial charge in [0.15, 0.2) is 5.17 Å². The molecule has 152 valence electrons. The molecule has 1 unspecified atom stereocenters. The molecule has 3 rings (SSSR count). The molecule has 1 aliphatic rings. The van der Waals surface area contributed by atoms with Gasteiger partial charge in [-0.1, -0.05) is 36.9 Å².